The lowest BCUT2D eigenvalue weighted by molar-refractivity contribution is 0.596. The van der Waals surface area contributed by atoms with Crippen LogP contribution in [0.2, 0.25) is 0 Å². The van der Waals surface area contributed by atoms with Gasteiger partial charge in [-0.2, -0.15) is 0 Å². The van der Waals surface area contributed by atoms with E-state index in [2.05, 4.69) is 95.3 Å². The second-order valence-electron chi connectivity index (χ2n) is 10.8. The Morgan fingerprint density at radius 1 is 0.882 bits per heavy atom. The van der Waals surface area contributed by atoms with Gasteiger partial charge in [0, 0.05) is 32.1 Å². The van der Waals surface area contributed by atoms with Gasteiger partial charge in [0.2, 0.25) is 0 Å². The predicted molar refractivity (Wildman–Crippen MR) is 147 cm³/mol. The van der Waals surface area contributed by atoms with Gasteiger partial charge in [-0.25, -0.2) is 0 Å². The summed E-state index contributed by atoms with van der Waals surface area (Å²) >= 11 is 1.90. The first-order chi connectivity index (χ1) is 16.3. The average molecular weight is 464 g/mol. The fourth-order valence-corrected chi connectivity index (χ4v) is 6.36. The van der Waals surface area contributed by atoms with E-state index in [0.29, 0.717) is 5.92 Å². The topological polar surface area (TPSA) is 26.0 Å². The monoisotopic (exact) mass is 463 g/mol. The van der Waals surface area contributed by atoms with Crippen molar-refractivity contribution in [3.8, 4) is 11.3 Å². The highest BCUT2D eigenvalue weighted by molar-refractivity contribution is 7.19. The van der Waals surface area contributed by atoms with Crippen molar-refractivity contribution in [2.45, 2.75) is 46.5 Å². The van der Waals surface area contributed by atoms with E-state index in [4.69, 9.17) is 9.40 Å². The molecule has 0 spiro atoms. The van der Waals surface area contributed by atoms with E-state index in [1.54, 1.807) is 0 Å². The summed E-state index contributed by atoms with van der Waals surface area (Å²) < 4.78 is 7.84. The molecule has 6 aromatic rings. The lowest BCUT2D eigenvalue weighted by Gasteiger charge is -2.22. The molecule has 34 heavy (non-hydrogen) atoms. The SMILES string of the molecule is CC(C)Cc1cc2cc3oc4c(-c5cc(C(C)(C)C)c6ccccc6c5)nccc4c3cc2s1. The van der Waals surface area contributed by atoms with E-state index in [1.807, 2.05) is 17.5 Å². The maximum absolute atomic E-state index is 6.52. The van der Waals surface area contributed by atoms with E-state index in [0.717, 1.165) is 34.2 Å². The summed E-state index contributed by atoms with van der Waals surface area (Å²) in [6.45, 7) is 11.4. The van der Waals surface area contributed by atoms with Gasteiger partial charge in [0.25, 0.3) is 0 Å². The molecule has 0 fully saturated rings. The number of pyridine rings is 1. The molecule has 0 N–H and O–H groups in total. The minimum atomic E-state index is 0.0233. The van der Waals surface area contributed by atoms with Gasteiger partial charge in [-0.15, -0.1) is 11.3 Å². The van der Waals surface area contributed by atoms with Crippen molar-refractivity contribution < 1.29 is 4.42 Å². The molecule has 3 heteroatoms. The quantitative estimate of drug-likeness (QED) is 0.261. The minimum absolute atomic E-state index is 0.0233. The standard InChI is InChI=1S/C31H29NOS/c1-18(2)12-22-14-20-16-27-25(17-28(20)34-22)24-10-11-32-29(30(24)33-27)21-13-19-8-6-7-9-23(19)26(15-21)31(3,4)5/h6-11,13-18H,12H2,1-5H3. The summed E-state index contributed by atoms with van der Waals surface area (Å²) in [5.41, 5.74) is 5.17. The smallest absolute Gasteiger partial charge is 0.161 e. The molecule has 3 aromatic carbocycles. The van der Waals surface area contributed by atoms with Gasteiger partial charge in [-0.05, 0) is 75.9 Å². The molecule has 3 heterocycles. The highest BCUT2D eigenvalue weighted by atomic mass is 32.1. The molecule has 0 aliphatic rings. The molecule has 0 saturated heterocycles. The summed E-state index contributed by atoms with van der Waals surface area (Å²) in [6.07, 6.45) is 3.04. The Bertz CT molecular complexity index is 1690. The van der Waals surface area contributed by atoms with Crippen molar-refractivity contribution in [1.29, 1.82) is 0 Å². The third kappa shape index (κ3) is 3.50. The van der Waals surface area contributed by atoms with Gasteiger partial charge < -0.3 is 4.42 Å². The second-order valence-corrected chi connectivity index (χ2v) is 12.0. The number of furan rings is 1. The lowest BCUT2D eigenvalue weighted by atomic mass is 9.82. The summed E-state index contributed by atoms with van der Waals surface area (Å²) in [5, 5.41) is 6.10. The number of aromatic nitrogens is 1. The zero-order valence-corrected chi connectivity index (χ0v) is 21.2. The van der Waals surface area contributed by atoms with Gasteiger partial charge in [-0.1, -0.05) is 58.9 Å². The Balaban J connectivity index is 1.58. The Morgan fingerprint density at radius 3 is 2.50 bits per heavy atom. The highest BCUT2D eigenvalue weighted by Crippen LogP contribution is 2.40. The normalized spacial score (nSPS) is 12.6. The van der Waals surface area contributed by atoms with Gasteiger partial charge in [0.05, 0.1) is 0 Å². The van der Waals surface area contributed by atoms with Crippen LogP contribution in [0.25, 0.3) is 54.1 Å². The fourth-order valence-electron chi connectivity index (χ4n) is 5.07. The van der Waals surface area contributed by atoms with Crippen molar-refractivity contribution in [3.05, 3.63) is 77.3 Å². The zero-order chi connectivity index (χ0) is 23.6. The molecule has 0 aliphatic heterocycles. The Labute approximate surface area is 204 Å². The minimum Gasteiger partial charge on any atom is -0.454 e. The summed E-state index contributed by atoms with van der Waals surface area (Å²) in [5.74, 6) is 0.658. The number of benzene rings is 3. The Morgan fingerprint density at radius 2 is 1.71 bits per heavy atom. The van der Waals surface area contributed by atoms with Crippen molar-refractivity contribution in [1.82, 2.24) is 4.98 Å². The van der Waals surface area contributed by atoms with E-state index in [9.17, 15) is 0 Å². The lowest BCUT2D eigenvalue weighted by Crippen LogP contribution is -2.12. The van der Waals surface area contributed by atoms with E-state index in [1.165, 1.54) is 36.7 Å². The van der Waals surface area contributed by atoms with Crippen LogP contribution in [0.4, 0.5) is 0 Å². The first-order valence-corrected chi connectivity index (χ1v) is 12.9. The highest BCUT2D eigenvalue weighted by Gasteiger charge is 2.21. The van der Waals surface area contributed by atoms with Crippen LogP contribution >= 0.6 is 11.3 Å². The zero-order valence-electron chi connectivity index (χ0n) is 20.4. The van der Waals surface area contributed by atoms with Crippen LogP contribution in [0.3, 0.4) is 0 Å². The molecule has 2 nitrogen and oxygen atoms in total. The van der Waals surface area contributed by atoms with Crippen molar-refractivity contribution in [2.75, 3.05) is 0 Å². The van der Waals surface area contributed by atoms with Crippen molar-refractivity contribution >= 4 is 54.1 Å². The van der Waals surface area contributed by atoms with Gasteiger partial charge in [0.1, 0.15) is 11.3 Å². The van der Waals surface area contributed by atoms with E-state index in [-0.39, 0.29) is 5.41 Å². The maximum atomic E-state index is 6.52. The predicted octanol–water partition coefficient (Wildman–Crippen LogP) is 9.51. The molecule has 170 valence electrons. The van der Waals surface area contributed by atoms with Crippen LogP contribution in [-0.2, 0) is 11.8 Å². The van der Waals surface area contributed by atoms with Gasteiger partial charge in [0.15, 0.2) is 5.58 Å². The molecule has 3 aromatic heterocycles. The molecular formula is C31H29NOS. The average Bonchev–Trinajstić information content (AvgIpc) is 3.34. The van der Waals surface area contributed by atoms with Crippen LogP contribution in [0.15, 0.2) is 71.3 Å². The van der Waals surface area contributed by atoms with Crippen molar-refractivity contribution in [2.24, 2.45) is 5.92 Å². The van der Waals surface area contributed by atoms with Gasteiger partial charge >= 0.3 is 0 Å². The number of nitrogens with zero attached hydrogens (tertiary/aromatic N) is 1. The molecule has 0 amide bonds. The molecule has 6 rings (SSSR count). The first kappa shape index (κ1) is 21.4. The molecular weight excluding hydrogens is 434 g/mol. The van der Waals surface area contributed by atoms with Crippen LogP contribution in [-0.4, -0.2) is 4.98 Å². The third-order valence-electron chi connectivity index (χ3n) is 6.63. The van der Waals surface area contributed by atoms with Crippen molar-refractivity contribution in [3.63, 3.8) is 0 Å². The summed E-state index contributed by atoms with van der Waals surface area (Å²) in [7, 11) is 0. The number of fused-ring (bicyclic) bond motifs is 5. The molecule has 0 unspecified atom stereocenters. The molecule has 0 aliphatic carbocycles. The fraction of sp³-hybridized carbons (Fsp3) is 0.258. The van der Waals surface area contributed by atoms with Crippen LogP contribution < -0.4 is 0 Å². The number of hydrogen-bond donors (Lipinski definition) is 0. The number of rotatable bonds is 3. The Kier molecular flexibility index (Phi) is 4.82. The molecule has 0 saturated carbocycles. The summed E-state index contributed by atoms with van der Waals surface area (Å²) in [6, 6.07) is 22.1. The molecule has 0 radical (unpaired) electrons. The first-order valence-electron chi connectivity index (χ1n) is 12.1. The van der Waals surface area contributed by atoms with Gasteiger partial charge in [-0.3, -0.25) is 4.98 Å². The second kappa shape index (κ2) is 7.68. The molecule has 0 atom stereocenters. The van der Waals surface area contributed by atoms with Crippen LogP contribution in [0.5, 0.6) is 0 Å². The number of thiophene rings is 1. The largest absolute Gasteiger partial charge is 0.454 e. The van der Waals surface area contributed by atoms with E-state index >= 15 is 0 Å². The molecule has 0 bridgehead atoms. The number of hydrogen-bond acceptors (Lipinski definition) is 3. The Hall–Kier alpha value is -3.17. The van der Waals surface area contributed by atoms with Crippen LogP contribution in [0.1, 0.15) is 45.1 Å². The van der Waals surface area contributed by atoms with Crippen LogP contribution in [0, 0.1) is 5.92 Å². The van der Waals surface area contributed by atoms with E-state index < -0.39 is 0 Å². The third-order valence-corrected chi connectivity index (χ3v) is 7.75. The maximum Gasteiger partial charge on any atom is 0.161 e. The summed E-state index contributed by atoms with van der Waals surface area (Å²) in [4.78, 5) is 6.26.